The Bertz CT molecular complexity index is 1030. The van der Waals surface area contributed by atoms with E-state index in [9.17, 15) is 30.0 Å². The number of nitrogens with one attached hydrogen (secondary N) is 1. The lowest BCUT2D eigenvalue weighted by Crippen LogP contribution is -2.17. The van der Waals surface area contributed by atoms with Crippen LogP contribution < -0.4 is 4.72 Å². The Kier molecular flexibility index (Phi) is 5.47. The molecule has 0 saturated carbocycles. The summed E-state index contributed by atoms with van der Waals surface area (Å²) in [5.41, 5.74) is -1.39. The molecule has 0 bridgehead atoms. The SMILES string of the molecule is C=CCS(=O)(=O)c1ccccc1NS(=O)(=O)c1cccc(C(F)(F)F)c1. The predicted molar refractivity (Wildman–Crippen MR) is 90.9 cm³/mol. The normalized spacial score (nSPS) is 12.6. The highest BCUT2D eigenvalue weighted by Crippen LogP contribution is 2.31. The van der Waals surface area contributed by atoms with Gasteiger partial charge in [-0.15, -0.1) is 6.58 Å². The summed E-state index contributed by atoms with van der Waals surface area (Å²) in [6.07, 6.45) is -3.57. The van der Waals surface area contributed by atoms with Crippen LogP contribution in [0.5, 0.6) is 0 Å². The first-order valence-electron chi connectivity index (χ1n) is 7.10. The van der Waals surface area contributed by atoms with Crippen molar-refractivity contribution in [1.82, 2.24) is 0 Å². The molecule has 2 rings (SSSR count). The molecule has 26 heavy (non-hydrogen) atoms. The summed E-state index contributed by atoms with van der Waals surface area (Å²) in [5, 5.41) is 0. The van der Waals surface area contributed by atoms with Gasteiger partial charge in [-0.3, -0.25) is 4.72 Å². The lowest BCUT2D eigenvalue weighted by Gasteiger charge is -2.13. The molecular formula is C16H14F3NO4S2. The minimum absolute atomic E-state index is 0.258. The number of rotatable bonds is 6. The minimum atomic E-state index is -4.71. The maximum atomic E-state index is 12.8. The van der Waals surface area contributed by atoms with Crippen molar-refractivity contribution in [3.05, 3.63) is 66.7 Å². The van der Waals surface area contributed by atoms with E-state index < -0.39 is 42.2 Å². The van der Waals surface area contributed by atoms with Gasteiger partial charge in [0.2, 0.25) is 0 Å². The largest absolute Gasteiger partial charge is 0.416 e. The Morgan fingerprint density at radius 1 is 1.00 bits per heavy atom. The van der Waals surface area contributed by atoms with Crippen molar-refractivity contribution in [2.45, 2.75) is 16.0 Å². The van der Waals surface area contributed by atoms with Crippen LogP contribution in [-0.4, -0.2) is 22.6 Å². The standard InChI is InChI=1S/C16H14F3NO4S2/c1-2-10-25(21,22)15-9-4-3-8-14(15)20-26(23,24)13-7-5-6-12(11-13)16(17,18)19/h2-9,11,20H,1,10H2. The second-order valence-corrected chi connectivity index (χ2v) is 8.88. The Balaban J connectivity index is 2.48. The Morgan fingerprint density at radius 3 is 2.27 bits per heavy atom. The molecule has 0 heterocycles. The van der Waals surface area contributed by atoms with Crippen molar-refractivity contribution < 1.29 is 30.0 Å². The smallest absolute Gasteiger partial charge is 0.278 e. The molecule has 0 amide bonds. The van der Waals surface area contributed by atoms with Crippen LogP contribution in [0.25, 0.3) is 0 Å². The monoisotopic (exact) mass is 405 g/mol. The van der Waals surface area contributed by atoms with E-state index in [4.69, 9.17) is 0 Å². The molecule has 0 radical (unpaired) electrons. The minimum Gasteiger partial charge on any atom is -0.278 e. The van der Waals surface area contributed by atoms with E-state index in [2.05, 4.69) is 6.58 Å². The van der Waals surface area contributed by atoms with E-state index in [0.717, 1.165) is 24.3 Å². The molecule has 1 N–H and O–H groups in total. The molecule has 0 saturated heterocycles. The van der Waals surface area contributed by atoms with Gasteiger partial charge >= 0.3 is 6.18 Å². The maximum Gasteiger partial charge on any atom is 0.416 e. The summed E-state index contributed by atoms with van der Waals surface area (Å²) in [4.78, 5) is -0.932. The van der Waals surface area contributed by atoms with Crippen molar-refractivity contribution in [1.29, 1.82) is 0 Å². The average Bonchev–Trinajstić information content (AvgIpc) is 2.54. The Hall–Kier alpha value is -2.33. The van der Waals surface area contributed by atoms with Crippen molar-refractivity contribution >= 4 is 25.5 Å². The van der Waals surface area contributed by atoms with E-state index in [0.29, 0.717) is 6.07 Å². The van der Waals surface area contributed by atoms with Gasteiger partial charge in [0.15, 0.2) is 9.84 Å². The zero-order valence-corrected chi connectivity index (χ0v) is 14.8. The van der Waals surface area contributed by atoms with Gasteiger partial charge in [0.1, 0.15) is 0 Å². The third kappa shape index (κ3) is 4.44. The van der Waals surface area contributed by atoms with Crippen LogP contribution in [-0.2, 0) is 26.0 Å². The van der Waals surface area contributed by atoms with Crippen LogP contribution in [0.1, 0.15) is 5.56 Å². The van der Waals surface area contributed by atoms with Crippen LogP contribution in [0.2, 0.25) is 0 Å². The fourth-order valence-electron chi connectivity index (χ4n) is 2.11. The van der Waals surface area contributed by atoms with Gasteiger partial charge in [-0.05, 0) is 30.3 Å². The number of anilines is 1. The molecule has 2 aromatic rings. The number of sulfone groups is 1. The van der Waals surface area contributed by atoms with Crippen molar-refractivity contribution in [3.8, 4) is 0 Å². The zero-order valence-electron chi connectivity index (χ0n) is 13.2. The highest BCUT2D eigenvalue weighted by atomic mass is 32.2. The summed E-state index contributed by atoms with van der Waals surface area (Å²) in [6.45, 7) is 3.33. The lowest BCUT2D eigenvalue weighted by atomic mass is 10.2. The number of halogens is 3. The summed E-state index contributed by atoms with van der Waals surface area (Å²) >= 11 is 0. The molecule has 0 unspecified atom stereocenters. The first kappa shape index (κ1) is 20.0. The van der Waals surface area contributed by atoms with E-state index >= 15 is 0 Å². The molecule has 10 heteroatoms. The number of hydrogen-bond acceptors (Lipinski definition) is 4. The third-order valence-corrected chi connectivity index (χ3v) is 6.34. The molecule has 0 aromatic heterocycles. The highest BCUT2D eigenvalue weighted by Gasteiger charge is 2.32. The van der Waals surface area contributed by atoms with Crippen LogP contribution in [0, 0.1) is 0 Å². The van der Waals surface area contributed by atoms with Crippen molar-refractivity contribution in [2.75, 3.05) is 10.5 Å². The molecule has 0 aliphatic rings. The van der Waals surface area contributed by atoms with Gasteiger partial charge in [0.25, 0.3) is 10.0 Å². The average molecular weight is 405 g/mol. The van der Waals surface area contributed by atoms with Crippen LogP contribution >= 0.6 is 0 Å². The second kappa shape index (κ2) is 7.12. The van der Waals surface area contributed by atoms with Gasteiger partial charge in [-0.2, -0.15) is 13.2 Å². The fourth-order valence-corrected chi connectivity index (χ4v) is 4.53. The summed E-state index contributed by atoms with van der Waals surface area (Å²) in [7, 11) is -8.29. The van der Waals surface area contributed by atoms with Crippen molar-refractivity contribution in [3.63, 3.8) is 0 Å². The summed E-state index contributed by atoms with van der Waals surface area (Å²) in [5.74, 6) is -0.421. The Morgan fingerprint density at radius 2 is 1.65 bits per heavy atom. The first-order chi connectivity index (χ1) is 12.0. The highest BCUT2D eigenvalue weighted by molar-refractivity contribution is 7.93. The van der Waals surface area contributed by atoms with Crippen LogP contribution in [0.15, 0.2) is 71.0 Å². The van der Waals surface area contributed by atoms with Gasteiger partial charge in [-0.25, -0.2) is 16.8 Å². The van der Waals surface area contributed by atoms with E-state index in [-0.39, 0.29) is 10.6 Å². The summed E-state index contributed by atoms with van der Waals surface area (Å²) in [6, 6.07) is 8.36. The quantitative estimate of drug-likeness (QED) is 0.747. The van der Waals surface area contributed by atoms with Gasteiger partial charge in [0, 0.05) is 0 Å². The molecule has 0 atom stereocenters. The molecule has 2 aromatic carbocycles. The molecule has 0 aliphatic heterocycles. The maximum absolute atomic E-state index is 12.8. The van der Waals surface area contributed by atoms with Crippen molar-refractivity contribution in [2.24, 2.45) is 0 Å². The molecule has 0 fully saturated rings. The first-order valence-corrected chi connectivity index (χ1v) is 10.2. The number of benzene rings is 2. The topological polar surface area (TPSA) is 80.3 Å². The molecular weight excluding hydrogens is 391 g/mol. The van der Waals surface area contributed by atoms with Crippen LogP contribution in [0.4, 0.5) is 18.9 Å². The second-order valence-electron chi connectivity index (χ2n) is 5.20. The number of hydrogen-bond donors (Lipinski definition) is 1. The zero-order chi connectivity index (χ0) is 19.6. The van der Waals surface area contributed by atoms with Gasteiger partial charge in [-0.1, -0.05) is 24.3 Å². The predicted octanol–water partition coefficient (Wildman–Crippen LogP) is 3.47. The number of para-hydroxylation sites is 1. The van der Waals surface area contributed by atoms with E-state index in [1.54, 1.807) is 0 Å². The number of sulfonamides is 1. The van der Waals surface area contributed by atoms with Gasteiger partial charge in [0.05, 0.1) is 26.8 Å². The molecule has 0 spiro atoms. The fraction of sp³-hybridized carbons (Fsp3) is 0.125. The lowest BCUT2D eigenvalue weighted by molar-refractivity contribution is -0.137. The molecule has 5 nitrogen and oxygen atoms in total. The summed E-state index contributed by atoms with van der Waals surface area (Å²) < 4.78 is 89.7. The Labute approximate surface area is 149 Å². The number of alkyl halides is 3. The third-order valence-electron chi connectivity index (χ3n) is 3.28. The van der Waals surface area contributed by atoms with E-state index in [1.165, 1.54) is 24.3 Å². The molecule has 140 valence electrons. The van der Waals surface area contributed by atoms with Crippen LogP contribution in [0.3, 0.4) is 0 Å². The molecule has 0 aliphatic carbocycles. The van der Waals surface area contributed by atoms with E-state index in [1.807, 2.05) is 4.72 Å². The van der Waals surface area contributed by atoms with Gasteiger partial charge < -0.3 is 0 Å².